The van der Waals surface area contributed by atoms with Crippen molar-refractivity contribution in [1.82, 2.24) is 4.98 Å². The van der Waals surface area contributed by atoms with Gasteiger partial charge in [0.2, 0.25) is 11.8 Å². The minimum Gasteiger partial charge on any atom is -0.326 e. The van der Waals surface area contributed by atoms with Crippen LogP contribution < -0.4 is 16.2 Å². The molecule has 0 saturated carbocycles. The lowest BCUT2D eigenvalue weighted by atomic mass is 9.99. The number of benzene rings is 1. The average Bonchev–Trinajstić information content (AvgIpc) is 2.54. The molecule has 0 fully saturated rings. The number of nitrogens with zero attached hydrogens (tertiary/aromatic N) is 1. The maximum atomic E-state index is 12.2. The van der Waals surface area contributed by atoms with Crippen molar-refractivity contribution in [3.8, 4) is 6.07 Å². The topological polar surface area (TPSA) is 115 Å². The normalized spacial score (nSPS) is 10.1. The summed E-state index contributed by atoms with van der Waals surface area (Å²) in [5.74, 6) is -0.390. The zero-order valence-electron chi connectivity index (χ0n) is 14.9. The number of nitrogens with one attached hydrogen (secondary N) is 3. The van der Waals surface area contributed by atoms with Crippen LogP contribution in [0, 0.1) is 25.2 Å². The third-order valence-corrected chi connectivity index (χ3v) is 3.99. The van der Waals surface area contributed by atoms with E-state index in [0.29, 0.717) is 29.1 Å². The molecular formula is C19H20N4O3. The second-order valence-corrected chi connectivity index (χ2v) is 5.98. The molecule has 0 saturated heterocycles. The SMILES string of the molecule is CC(=O)Nc1cccc(NC(=O)CCc2c(C)[nH]c(=O)c(C#N)c2C)c1. The van der Waals surface area contributed by atoms with Crippen LogP contribution in [0.2, 0.25) is 0 Å². The van der Waals surface area contributed by atoms with Crippen molar-refractivity contribution in [2.45, 2.75) is 33.6 Å². The molecule has 0 aliphatic heterocycles. The van der Waals surface area contributed by atoms with Crippen molar-refractivity contribution in [1.29, 1.82) is 5.26 Å². The number of nitriles is 1. The highest BCUT2D eigenvalue weighted by Crippen LogP contribution is 2.17. The Morgan fingerprint density at radius 1 is 1.19 bits per heavy atom. The number of aryl methyl sites for hydroxylation is 1. The van der Waals surface area contributed by atoms with E-state index in [2.05, 4.69) is 15.6 Å². The van der Waals surface area contributed by atoms with Gasteiger partial charge in [0.25, 0.3) is 5.56 Å². The molecule has 1 heterocycles. The van der Waals surface area contributed by atoms with Gasteiger partial charge in [-0.1, -0.05) is 6.07 Å². The zero-order chi connectivity index (χ0) is 19.3. The van der Waals surface area contributed by atoms with Gasteiger partial charge in [0.05, 0.1) is 0 Å². The van der Waals surface area contributed by atoms with Crippen molar-refractivity contribution >= 4 is 23.2 Å². The van der Waals surface area contributed by atoms with Crippen LogP contribution in [0.5, 0.6) is 0 Å². The Morgan fingerprint density at radius 2 is 1.85 bits per heavy atom. The molecule has 1 aromatic heterocycles. The van der Waals surface area contributed by atoms with Crippen LogP contribution in [0.1, 0.15) is 35.7 Å². The van der Waals surface area contributed by atoms with Crippen LogP contribution in [-0.2, 0) is 16.0 Å². The summed E-state index contributed by atoms with van der Waals surface area (Å²) in [6.07, 6.45) is 0.600. The number of pyridine rings is 1. The summed E-state index contributed by atoms with van der Waals surface area (Å²) in [4.78, 5) is 37.7. The second kappa shape index (κ2) is 8.12. The molecule has 3 N–H and O–H groups in total. The van der Waals surface area contributed by atoms with E-state index in [9.17, 15) is 14.4 Å². The van der Waals surface area contributed by atoms with Crippen molar-refractivity contribution in [2.24, 2.45) is 0 Å². The standard InChI is InChI=1S/C19H20N4O3/c1-11-16(12(2)21-19(26)17(11)10-20)7-8-18(25)23-15-6-4-5-14(9-15)22-13(3)24/h4-6,9H,7-8H2,1-3H3,(H,21,26)(H,22,24)(H,23,25). The Bertz CT molecular complexity index is 954. The van der Waals surface area contributed by atoms with Crippen LogP contribution in [-0.4, -0.2) is 16.8 Å². The first kappa shape index (κ1) is 18.9. The number of amides is 2. The molecule has 2 aromatic rings. The minimum atomic E-state index is -0.412. The van der Waals surface area contributed by atoms with Crippen molar-refractivity contribution in [3.05, 3.63) is 57.0 Å². The van der Waals surface area contributed by atoms with E-state index in [-0.39, 0.29) is 23.8 Å². The number of carbonyl (C=O) groups excluding carboxylic acids is 2. The number of aromatic amines is 1. The van der Waals surface area contributed by atoms with Crippen LogP contribution in [0.3, 0.4) is 0 Å². The summed E-state index contributed by atoms with van der Waals surface area (Å²) in [6.45, 7) is 4.88. The summed E-state index contributed by atoms with van der Waals surface area (Å²) < 4.78 is 0. The largest absolute Gasteiger partial charge is 0.326 e. The van der Waals surface area contributed by atoms with E-state index in [1.54, 1.807) is 38.1 Å². The molecule has 26 heavy (non-hydrogen) atoms. The van der Waals surface area contributed by atoms with Crippen LogP contribution in [0.15, 0.2) is 29.1 Å². The van der Waals surface area contributed by atoms with Crippen molar-refractivity contribution in [3.63, 3.8) is 0 Å². The lowest BCUT2D eigenvalue weighted by Crippen LogP contribution is -2.18. The third-order valence-electron chi connectivity index (χ3n) is 3.99. The lowest BCUT2D eigenvalue weighted by molar-refractivity contribution is -0.116. The highest BCUT2D eigenvalue weighted by atomic mass is 16.2. The fraction of sp³-hybridized carbons (Fsp3) is 0.263. The number of rotatable bonds is 5. The Morgan fingerprint density at radius 3 is 2.46 bits per heavy atom. The Balaban J connectivity index is 2.07. The monoisotopic (exact) mass is 352 g/mol. The smallest absolute Gasteiger partial charge is 0.266 e. The number of aromatic nitrogens is 1. The van der Waals surface area contributed by atoms with Crippen LogP contribution >= 0.6 is 0 Å². The summed E-state index contributed by atoms with van der Waals surface area (Å²) in [6, 6.07) is 8.76. The van der Waals surface area contributed by atoms with Crippen LogP contribution in [0.25, 0.3) is 0 Å². The van der Waals surface area contributed by atoms with Gasteiger partial charge in [0.1, 0.15) is 11.6 Å². The van der Waals surface area contributed by atoms with Gasteiger partial charge < -0.3 is 15.6 Å². The Labute approximate surface area is 151 Å². The molecule has 7 heteroatoms. The zero-order valence-corrected chi connectivity index (χ0v) is 14.9. The third kappa shape index (κ3) is 4.57. The molecule has 0 unspecified atom stereocenters. The fourth-order valence-corrected chi connectivity index (χ4v) is 2.76. The van der Waals surface area contributed by atoms with Gasteiger partial charge in [-0.15, -0.1) is 0 Å². The number of hydrogen-bond acceptors (Lipinski definition) is 4. The second-order valence-electron chi connectivity index (χ2n) is 5.98. The van der Waals surface area contributed by atoms with Gasteiger partial charge in [0.15, 0.2) is 0 Å². The van der Waals surface area contributed by atoms with E-state index in [1.807, 2.05) is 6.07 Å². The Hall–Kier alpha value is -3.40. The van der Waals surface area contributed by atoms with Gasteiger partial charge in [0, 0.05) is 30.4 Å². The highest BCUT2D eigenvalue weighted by molar-refractivity contribution is 5.93. The number of anilines is 2. The molecule has 0 atom stereocenters. The highest BCUT2D eigenvalue weighted by Gasteiger charge is 2.13. The van der Waals surface area contributed by atoms with Crippen molar-refractivity contribution < 1.29 is 9.59 Å². The van der Waals surface area contributed by atoms with E-state index in [1.165, 1.54) is 6.92 Å². The molecule has 2 amide bonds. The quantitative estimate of drug-likeness (QED) is 0.766. The predicted molar refractivity (Wildman–Crippen MR) is 98.9 cm³/mol. The first-order chi connectivity index (χ1) is 12.3. The molecule has 134 valence electrons. The molecule has 1 aromatic carbocycles. The van der Waals surface area contributed by atoms with Gasteiger partial charge in [-0.3, -0.25) is 14.4 Å². The summed E-state index contributed by atoms with van der Waals surface area (Å²) in [5.41, 5.74) is 2.90. The molecule has 0 spiro atoms. The van der Waals surface area contributed by atoms with Gasteiger partial charge >= 0.3 is 0 Å². The summed E-state index contributed by atoms with van der Waals surface area (Å²) >= 11 is 0. The van der Waals surface area contributed by atoms with E-state index < -0.39 is 5.56 Å². The molecule has 0 radical (unpaired) electrons. The van der Waals surface area contributed by atoms with E-state index in [0.717, 1.165) is 5.56 Å². The molecule has 0 bridgehead atoms. The van der Waals surface area contributed by atoms with Crippen molar-refractivity contribution in [2.75, 3.05) is 10.6 Å². The van der Waals surface area contributed by atoms with E-state index >= 15 is 0 Å². The molecule has 2 rings (SSSR count). The first-order valence-electron chi connectivity index (χ1n) is 8.11. The van der Waals surface area contributed by atoms with Crippen LogP contribution in [0.4, 0.5) is 11.4 Å². The van der Waals surface area contributed by atoms with Gasteiger partial charge in [-0.25, -0.2) is 0 Å². The minimum absolute atomic E-state index is 0.0778. The molecule has 7 nitrogen and oxygen atoms in total. The fourth-order valence-electron chi connectivity index (χ4n) is 2.76. The first-order valence-corrected chi connectivity index (χ1v) is 8.11. The average molecular weight is 352 g/mol. The maximum absolute atomic E-state index is 12.2. The van der Waals surface area contributed by atoms with E-state index in [4.69, 9.17) is 5.26 Å². The summed E-state index contributed by atoms with van der Waals surface area (Å²) in [7, 11) is 0. The lowest BCUT2D eigenvalue weighted by Gasteiger charge is -2.11. The molecule has 0 aliphatic rings. The number of carbonyl (C=O) groups is 2. The van der Waals surface area contributed by atoms with Gasteiger partial charge in [-0.05, 0) is 49.6 Å². The molecule has 0 aliphatic carbocycles. The summed E-state index contributed by atoms with van der Waals surface area (Å²) in [5, 5.41) is 14.5. The van der Waals surface area contributed by atoms with Gasteiger partial charge in [-0.2, -0.15) is 5.26 Å². The number of hydrogen-bond donors (Lipinski definition) is 3. The predicted octanol–water partition coefficient (Wildman–Crippen LogP) is 2.39. The maximum Gasteiger partial charge on any atom is 0.266 e. The Kier molecular flexibility index (Phi) is 5.91. The molecular weight excluding hydrogens is 332 g/mol. The number of H-pyrrole nitrogens is 1.